The maximum atomic E-state index is 10.7. The van der Waals surface area contributed by atoms with Gasteiger partial charge in [0.05, 0.1) is 0 Å². The predicted molar refractivity (Wildman–Crippen MR) is 55.8 cm³/mol. The third kappa shape index (κ3) is 3.01. The van der Waals surface area contributed by atoms with Gasteiger partial charge in [0, 0.05) is 4.91 Å². The highest BCUT2D eigenvalue weighted by molar-refractivity contribution is 7.96. The van der Waals surface area contributed by atoms with E-state index in [2.05, 4.69) is 28.0 Å². The zero-order chi connectivity index (χ0) is 10.4. The van der Waals surface area contributed by atoms with Crippen LogP contribution < -0.4 is 5.32 Å². The fraction of sp³-hybridized carbons (Fsp3) is 0.125. The van der Waals surface area contributed by atoms with Crippen molar-refractivity contribution in [3.63, 3.8) is 0 Å². The summed E-state index contributed by atoms with van der Waals surface area (Å²) in [5.41, 5.74) is 9.01. The molecule has 0 fully saturated rings. The van der Waals surface area contributed by atoms with Crippen LogP contribution in [0.4, 0.5) is 4.79 Å². The number of carbonyl (C=O) groups excluding carboxylic acids is 1. The van der Waals surface area contributed by atoms with Gasteiger partial charge in [-0.3, -0.25) is 4.79 Å². The van der Waals surface area contributed by atoms with E-state index in [1.54, 1.807) is 24.3 Å². The van der Waals surface area contributed by atoms with Crippen molar-refractivity contribution in [2.75, 3.05) is 0 Å². The normalized spacial score (nSPS) is 11.2. The van der Waals surface area contributed by atoms with Crippen LogP contribution in [0, 0.1) is 0 Å². The molecule has 0 aromatic heterocycles. The molecule has 1 aromatic rings. The molecule has 0 bridgehead atoms. The lowest BCUT2D eigenvalue weighted by Crippen LogP contribution is -2.21. The highest BCUT2D eigenvalue weighted by Gasteiger charge is 2.09. The second-order valence-corrected chi connectivity index (χ2v) is 2.87. The van der Waals surface area contributed by atoms with Crippen molar-refractivity contribution >= 4 is 17.9 Å². The average molecular weight is 208 g/mol. The summed E-state index contributed by atoms with van der Waals surface area (Å²) in [5.74, 6) is 0. The van der Waals surface area contributed by atoms with Crippen LogP contribution in [0.15, 0.2) is 35.4 Å². The largest absolute Gasteiger partial charge is 0.334 e. The zero-order valence-corrected chi connectivity index (χ0v) is 8.06. The second-order valence-electron chi connectivity index (χ2n) is 2.47. The molecule has 0 saturated carbocycles. The summed E-state index contributed by atoms with van der Waals surface area (Å²) in [6.07, 6.45) is -0.703. The first kappa shape index (κ1) is 10.4. The Kier molecular flexibility index (Phi) is 3.84. The molecule has 14 heavy (non-hydrogen) atoms. The summed E-state index contributed by atoms with van der Waals surface area (Å²) in [6.45, 7) is 0. The molecule has 0 radical (unpaired) electrons. The lowest BCUT2D eigenvalue weighted by molar-refractivity contribution is 0.258. The van der Waals surface area contributed by atoms with Gasteiger partial charge in [-0.2, -0.15) is 0 Å². The molecule has 72 valence electrons. The summed E-state index contributed by atoms with van der Waals surface area (Å²) in [4.78, 5) is 13.3. The third-order valence-corrected chi connectivity index (χ3v) is 1.67. The minimum atomic E-state index is -0.703. The number of hydrogen-bond donors (Lipinski definition) is 2. The maximum Gasteiger partial charge on any atom is 0.276 e. The molecule has 0 aliphatic carbocycles. The van der Waals surface area contributed by atoms with E-state index in [1.807, 2.05) is 6.07 Å². The molecule has 1 amide bonds. The Morgan fingerprint density at radius 2 is 2.14 bits per heavy atom. The van der Waals surface area contributed by atoms with Gasteiger partial charge >= 0.3 is 0 Å². The molecule has 0 aliphatic rings. The van der Waals surface area contributed by atoms with Crippen LogP contribution in [0.1, 0.15) is 11.7 Å². The molecule has 5 nitrogen and oxygen atoms in total. The molecule has 0 heterocycles. The van der Waals surface area contributed by atoms with E-state index >= 15 is 0 Å². The lowest BCUT2D eigenvalue weighted by Gasteiger charge is -2.10. The number of nitrogens with one attached hydrogen (secondary N) is 1. The van der Waals surface area contributed by atoms with Gasteiger partial charge < -0.3 is 5.32 Å². The Labute approximate surface area is 86.2 Å². The summed E-state index contributed by atoms with van der Waals surface area (Å²) in [5, 5.41) is 5.30. The minimum Gasteiger partial charge on any atom is -0.334 e. The van der Waals surface area contributed by atoms with Crippen LogP contribution in [0.2, 0.25) is 0 Å². The Bertz CT molecular complexity index is 361. The number of carbonyl (C=O) groups is 1. The summed E-state index contributed by atoms with van der Waals surface area (Å²) in [7, 11) is 0. The van der Waals surface area contributed by atoms with E-state index in [0.29, 0.717) is 5.56 Å². The van der Waals surface area contributed by atoms with E-state index in [-0.39, 0.29) is 0 Å². The smallest absolute Gasteiger partial charge is 0.276 e. The number of hydrogen-bond acceptors (Lipinski definition) is 2. The Hall–Kier alpha value is -1.65. The quantitative estimate of drug-likeness (QED) is 0.340. The Balaban J connectivity index is 2.88. The van der Waals surface area contributed by atoms with Crippen molar-refractivity contribution in [3.8, 4) is 0 Å². The van der Waals surface area contributed by atoms with Crippen molar-refractivity contribution in [2.45, 2.75) is 6.17 Å². The summed E-state index contributed by atoms with van der Waals surface area (Å²) in [6, 6.07) is 8.92. The summed E-state index contributed by atoms with van der Waals surface area (Å²) >= 11 is 3.55. The molecule has 1 N–H and O–H groups in total. The molecular formula is C8H8N4OS. The van der Waals surface area contributed by atoms with Crippen LogP contribution in [-0.2, 0) is 0 Å². The molecule has 0 saturated heterocycles. The number of azide groups is 1. The number of nitrogens with zero attached hydrogens (tertiary/aromatic N) is 3. The number of thiol groups is 1. The molecule has 1 atom stereocenters. The third-order valence-electron chi connectivity index (χ3n) is 1.54. The van der Waals surface area contributed by atoms with Crippen LogP contribution in [0.25, 0.3) is 10.4 Å². The van der Waals surface area contributed by atoms with Gasteiger partial charge in [-0.15, -0.1) is 0 Å². The molecule has 0 aliphatic heterocycles. The average Bonchev–Trinajstić information content (AvgIpc) is 2.18. The van der Waals surface area contributed by atoms with Gasteiger partial charge in [-0.05, 0) is 11.1 Å². The molecule has 1 rings (SSSR count). The van der Waals surface area contributed by atoms with E-state index in [9.17, 15) is 4.79 Å². The minimum absolute atomic E-state index is 0.536. The fourth-order valence-electron chi connectivity index (χ4n) is 0.983. The Morgan fingerprint density at radius 3 is 2.64 bits per heavy atom. The van der Waals surface area contributed by atoms with Crippen molar-refractivity contribution < 1.29 is 4.79 Å². The monoisotopic (exact) mass is 208 g/mol. The van der Waals surface area contributed by atoms with Crippen molar-refractivity contribution in [3.05, 3.63) is 46.3 Å². The second kappa shape index (κ2) is 5.16. The van der Waals surface area contributed by atoms with Gasteiger partial charge in [0.2, 0.25) is 0 Å². The number of benzene rings is 1. The molecular weight excluding hydrogens is 200 g/mol. The first-order chi connectivity index (χ1) is 6.74. The SMILES string of the molecule is [N-]=[N+]=NC(NC(=O)S)c1ccccc1. The number of rotatable bonds is 3. The first-order valence-electron chi connectivity index (χ1n) is 3.82. The first-order valence-corrected chi connectivity index (χ1v) is 4.27. The standard InChI is InChI=1S/C8H8N4OS/c9-12-11-7(10-8(13)14)6-4-2-1-3-5-6/h1-5,7H,(H2,10,13,14). The highest BCUT2D eigenvalue weighted by Crippen LogP contribution is 2.14. The predicted octanol–water partition coefficient (Wildman–Crippen LogP) is 2.63. The van der Waals surface area contributed by atoms with Gasteiger partial charge in [0.15, 0.2) is 0 Å². The lowest BCUT2D eigenvalue weighted by atomic mass is 10.2. The van der Waals surface area contributed by atoms with Crippen LogP contribution in [0.5, 0.6) is 0 Å². The molecule has 1 aromatic carbocycles. The van der Waals surface area contributed by atoms with E-state index in [4.69, 9.17) is 5.53 Å². The van der Waals surface area contributed by atoms with Gasteiger partial charge in [0.25, 0.3) is 5.24 Å². The van der Waals surface area contributed by atoms with Crippen molar-refractivity contribution in [2.24, 2.45) is 5.11 Å². The van der Waals surface area contributed by atoms with Crippen LogP contribution in [-0.4, -0.2) is 5.24 Å². The summed E-state index contributed by atoms with van der Waals surface area (Å²) < 4.78 is 0. The van der Waals surface area contributed by atoms with Crippen molar-refractivity contribution in [1.82, 2.24) is 5.32 Å². The molecule has 0 spiro atoms. The topological polar surface area (TPSA) is 77.9 Å². The van der Waals surface area contributed by atoms with Gasteiger partial charge in [0.1, 0.15) is 6.17 Å². The van der Waals surface area contributed by atoms with E-state index in [1.165, 1.54) is 0 Å². The van der Waals surface area contributed by atoms with E-state index in [0.717, 1.165) is 0 Å². The Morgan fingerprint density at radius 1 is 1.50 bits per heavy atom. The van der Waals surface area contributed by atoms with Gasteiger partial charge in [-0.1, -0.05) is 48.1 Å². The number of amides is 1. The molecule has 1 unspecified atom stereocenters. The van der Waals surface area contributed by atoms with E-state index < -0.39 is 11.4 Å². The van der Waals surface area contributed by atoms with Gasteiger partial charge in [-0.25, -0.2) is 0 Å². The maximum absolute atomic E-state index is 10.7. The fourth-order valence-corrected chi connectivity index (χ4v) is 1.11. The molecule has 6 heteroatoms. The highest BCUT2D eigenvalue weighted by atomic mass is 32.1. The van der Waals surface area contributed by atoms with Crippen molar-refractivity contribution in [1.29, 1.82) is 0 Å². The zero-order valence-electron chi connectivity index (χ0n) is 7.16. The van der Waals surface area contributed by atoms with Crippen LogP contribution >= 0.6 is 12.6 Å². The van der Waals surface area contributed by atoms with Crippen LogP contribution in [0.3, 0.4) is 0 Å².